The molecule has 0 spiro atoms. The van der Waals surface area contributed by atoms with Gasteiger partial charge in [0.1, 0.15) is 6.29 Å². The molecule has 8 heteroatoms. The van der Waals surface area contributed by atoms with Gasteiger partial charge in [0.2, 0.25) is 6.08 Å². The molecule has 0 aliphatic rings. The molecule has 192 valence electrons. The van der Waals surface area contributed by atoms with Crippen LogP contribution in [0.5, 0.6) is 11.5 Å². The van der Waals surface area contributed by atoms with Crippen molar-refractivity contribution in [2.45, 2.75) is 65.5 Å². The molecule has 0 N–H and O–H groups in total. The first-order chi connectivity index (χ1) is 16.3. The summed E-state index contributed by atoms with van der Waals surface area (Å²) in [5.41, 5.74) is 1.12. The average Bonchev–Trinajstić information content (AvgIpc) is 2.81. The van der Waals surface area contributed by atoms with Crippen LogP contribution in [-0.4, -0.2) is 51.9 Å². The van der Waals surface area contributed by atoms with Crippen LogP contribution in [0.3, 0.4) is 0 Å². The standard InChI is InChI=1S/C26H42NO6P/c1-18(2)21(14-23(27-17-29)25(33-34)15-22(16-28)19(3)4)12-20-8-9-24(31-6)26(13-20)32-11-7-10-30-5/h8-9,13,16,18-19,21-23,25H,7,10-12,14-15,34H2,1-6H3/t21-,22+,23-,25-/m0/s1. The summed E-state index contributed by atoms with van der Waals surface area (Å²) in [4.78, 5) is 26.9. The number of nitrogens with zero attached hydrogens (tertiary/aromatic N) is 1. The smallest absolute Gasteiger partial charge is 0.235 e. The summed E-state index contributed by atoms with van der Waals surface area (Å²) in [5.74, 6) is 1.99. The Morgan fingerprint density at radius 3 is 2.32 bits per heavy atom. The van der Waals surface area contributed by atoms with E-state index in [1.165, 1.54) is 0 Å². The van der Waals surface area contributed by atoms with Crippen molar-refractivity contribution in [2.24, 2.45) is 28.7 Å². The van der Waals surface area contributed by atoms with Gasteiger partial charge in [0, 0.05) is 35.5 Å². The molecule has 0 heterocycles. The monoisotopic (exact) mass is 495 g/mol. The van der Waals surface area contributed by atoms with Crippen LogP contribution in [0.1, 0.15) is 52.5 Å². The fourth-order valence-electron chi connectivity index (χ4n) is 3.96. The molecule has 0 aliphatic carbocycles. The summed E-state index contributed by atoms with van der Waals surface area (Å²) >= 11 is 0. The van der Waals surface area contributed by atoms with Crippen molar-refractivity contribution in [2.75, 3.05) is 27.4 Å². The Labute approximate surface area is 207 Å². The van der Waals surface area contributed by atoms with Crippen molar-refractivity contribution in [3.63, 3.8) is 0 Å². The van der Waals surface area contributed by atoms with Crippen LogP contribution in [0, 0.1) is 23.7 Å². The topological polar surface area (TPSA) is 83.4 Å². The maximum Gasteiger partial charge on any atom is 0.235 e. The molecule has 0 amide bonds. The lowest BCUT2D eigenvalue weighted by Crippen LogP contribution is -2.32. The second kappa shape index (κ2) is 16.8. The second-order valence-electron chi connectivity index (χ2n) is 9.37. The highest BCUT2D eigenvalue weighted by Crippen LogP contribution is 2.33. The predicted molar refractivity (Wildman–Crippen MR) is 137 cm³/mol. The minimum absolute atomic E-state index is 0.160. The quantitative estimate of drug-likeness (QED) is 0.0931. The lowest BCUT2D eigenvalue weighted by Gasteiger charge is -2.30. The molecule has 0 radical (unpaired) electrons. The first kappa shape index (κ1) is 30.3. The molecule has 0 saturated heterocycles. The van der Waals surface area contributed by atoms with Crippen molar-refractivity contribution >= 4 is 21.8 Å². The third-order valence-corrected chi connectivity index (χ3v) is 6.67. The predicted octanol–water partition coefficient (Wildman–Crippen LogP) is 5.06. The zero-order valence-electron chi connectivity index (χ0n) is 21.5. The zero-order chi connectivity index (χ0) is 25.5. The molecule has 34 heavy (non-hydrogen) atoms. The zero-order valence-corrected chi connectivity index (χ0v) is 22.6. The number of aliphatic imine (C=N–C) groups is 1. The van der Waals surface area contributed by atoms with Gasteiger partial charge in [-0.1, -0.05) is 33.8 Å². The van der Waals surface area contributed by atoms with Crippen LogP contribution >= 0.6 is 9.47 Å². The summed E-state index contributed by atoms with van der Waals surface area (Å²) in [5, 5.41) is 0. The molecule has 0 bridgehead atoms. The number of hydrogen-bond donors (Lipinski definition) is 0. The van der Waals surface area contributed by atoms with E-state index in [0.29, 0.717) is 43.5 Å². The van der Waals surface area contributed by atoms with E-state index in [1.807, 2.05) is 32.0 Å². The normalized spacial score (nSPS) is 14.9. The molecule has 5 atom stereocenters. The van der Waals surface area contributed by atoms with Crippen LogP contribution in [0.2, 0.25) is 0 Å². The van der Waals surface area contributed by atoms with Crippen molar-refractivity contribution in [1.29, 1.82) is 0 Å². The highest BCUT2D eigenvalue weighted by Gasteiger charge is 2.30. The van der Waals surface area contributed by atoms with E-state index in [4.69, 9.17) is 18.7 Å². The molecule has 1 aromatic rings. The summed E-state index contributed by atoms with van der Waals surface area (Å²) in [6, 6.07) is 5.60. The van der Waals surface area contributed by atoms with Gasteiger partial charge in [-0.2, -0.15) is 4.99 Å². The van der Waals surface area contributed by atoms with E-state index >= 15 is 0 Å². The van der Waals surface area contributed by atoms with Gasteiger partial charge in [-0.3, -0.25) is 0 Å². The Morgan fingerprint density at radius 2 is 1.79 bits per heavy atom. The van der Waals surface area contributed by atoms with Crippen molar-refractivity contribution in [1.82, 2.24) is 0 Å². The Balaban J connectivity index is 3.04. The highest BCUT2D eigenvalue weighted by atomic mass is 31.0. The van der Waals surface area contributed by atoms with E-state index in [2.05, 4.69) is 28.3 Å². The number of isocyanates is 1. The van der Waals surface area contributed by atoms with Crippen molar-refractivity contribution in [3.8, 4) is 11.5 Å². The van der Waals surface area contributed by atoms with E-state index in [0.717, 1.165) is 24.7 Å². The number of benzene rings is 1. The van der Waals surface area contributed by atoms with Crippen LogP contribution in [0.4, 0.5) is 0 Å². The van der Waals surface area contributed by atoms with Crippen LogP contribution in [0.25, 0.3) is 0 Å². The van der Waals surface area contributed by atoms with Crippen molar-refractivity contribution < 1.29 is 28.3 Å². The van der Waals surface area contributed by atoms with Gasteiger partial charge in [-0.05, 0) is 54.7 Å². The summed E-state index contributed by atoms with van der Waals surface area (Å²) < 4.78 is 22.1. The largest absolute Gasteiger partial charge is 0.493 e. The number of aldehydes is 1. The number of ether oxygens (including phenoxy) is 3. The third-order valence-electron chi connectivity index (χ3n) is 6.32. The van der Waals surface area contributed by atoms with Gasteiger partial charge in [0.25, 0.3) is 0 Å². The van der Waals surface area contributed by atoms with Crippen molar-refractivity contribution in [3.05, 3.63) is 23.8 Å². The Kier molecular flexibility index (Phi) is 14.9. The molecule has 1 rings (SSSR count). The second-order valence-corrected chi connectivity index (χ2v) is 9.64. The summed E-state index contributed by atoms with van der Waals surface area (Å²) in [6.07, 6.45) is 5.05. The lowest BCUT2D eigenvalue weighted by atomic mass is 9.81. The maximum absolute atomic E-state index is 11.5. The van der Waals surface area contributed by atoms with Gasteiger partial charge in [-0.15, -0.1) is 0 Å². The molecular formula is C26H42NO6P. The Morgan fingerprint density at radius 1 is 1.06 bits per heavy atom. The molecule has 0 saturated carbocycles. The fourth-order valence-corrected chi connectivity index (χ4v) is 4.25. The first-order valence-electron chi connectivity index (χ1n) is 12.0. The number of methoxy groups -OCH3 is 2. The molecule has 1 aromatic carbocycles. The van der Waals surface area contributed by atoms with Gasteiger partial charge in [0.05, 0.1) is 25.9 Å². The van der Waals surface area contributed by atoms with Crippen LogP contribution in [-0.2, 0) is 25.3 Å². The van der Waals surface area contributed by atoms with Crippen LogP contribution in [0.15, 0.2) is 23.2 Å². The van der Waals surface area contributed by atoms with E-state index in [1.54, 1.807) is 20.3 Å². The van der Waals surface area contributed by atoms with E-state index < -0.39 is 0 Å². The molecular weight excluding hydrogens is 453 g/mol. The molecule has 0 aromatic heterocycles. The number of hydrogen-bond acceptors (Lipinski definition) is 7. The lowest BCUT2D eigenvalue weighted by molar-refractivity contribution is -0.113. The third kappa shape index (κ3) is 10.2. The first-order valence-corrected chi connectivity index (χ1v) is 12.4. The Hall–Kier alpha value is -1.78. The maximum atomic E-state index is 11.5. The molecule has 0 fully saturated rings. The number of rotatable bonds is 18. The van der Waals surface area contributed by atoms with Gasteiger partial charge >= 0.3 is 0 Å². The van der Waals surface area contributed by atoms with Gasteiger partial charge in [-0.25, -0.2) is 4.79 Å². The number of carbonyl (C=O) groups excluding carboxylic acids is 2. The molecule has 7 nitrogen and oxygen atoms in total. The minimum Gasteiger partial charge on any atom is -0.493 e. The van der Waals surface area contributed by atoms with Crippen LogP contribution < -0.4 is 9.47 Å². The summed E-state index contributed by atoms with van der Waals surface area (Å²) in [6.45, 7) is 9.52. The Bertz CT molecular complexity index is 766. The molecule has 1 unspecified atom stereocenters. The van der Waals surface area contributed by atoms with Gasteiger partial charge < -0.3 is 23.5 Å². The average molecular weight is 496 g/mol. The highest BCUT2D eigenvalue weighted by molar-refractivity contribution is 7.09. The number of carbonyl (C=O) groups is 1. The fraction of sp³-hybridized carbons (Fsp3) is 0.692. The summed E-state index contributed by atoms with van der Waals surface area (Å²) in [7, 11) is 5.57. The van der Waals surface area contributed by atoms with Gasteiger partial charge in [0.15, 0.2) is 11.5 Å². The van der Waals surface area contributed by atoms with E-state index in [9.17, 15) is 9.59 Å². The van der Waals surface area contributed by atoms with E-state index in [-0.39, 0.29) is 29.9 Å². The minimum atomic E-state index is -0.383. The SMILES string of the molecule is COCCCOc1cc(C[C@@H](C[C@H](N=C=O)[C@H](C[C@H](C=O)C(C)C)OP)C(C)C)ccc1OC. The molecule has 0 aliphatic heterocycles.